The van der Waals surface area contributed by atoms with Crippen LogP contribution in [0.4, 0.5) is 13.6 Å². The van der Waals surface area contributed by atoms with Gasteiger partial charge in [0.2, 0.25) is 0 Å². The summed E-state index contributed by atoms with van der Waals surface area (Å²) in [4.78, 5) is 12.4. The second kappa shape index (κ2) is 6.62. The molecule has 0 heterocycles. The molecule has 0 saturated heterocycles. The predicted molar refractivity (Wildman–Crippen MR) is 55.5 cm³/mol. The summed E-state index contributed by atoms with van der Waals surface area (Å²) in [6, 6.07) is 0. The molecule has 0 aromatic rings. The summed E-state index contributed by atoms with van der Waals surface area (Å²) in [5, 5.41) is 8.60. The topological polar surface area (TPSA) is 49.8 Å². The van der Waals surface area contributed by atoms with E-state index >= 15 is 0 Å². The van der Waals surface area contributed by atoms with Gasteiger partial charge in [0.25, 0.3) is 6.43 Å². The van der Waals surface area contributed by atoms with Gasteiger partial charge in [-0.3, -0.25) is 0 Å². The van der Waals surface area contributed by atoms with Crippen LogP contribution in [0.3, 0.4) is 0 Å². The van der Waals surface area contributed by atoms with E-state index in [2.05, 4.69) is 0 Å². The molecular weight excluding hydrogens is 220 g/mol. The summed E-state index contributed by atoms with van der Waals surface area (Å²) in [5.74, 6) is 0. The predicted octanol–water partition coefficient (Wildman–Crippen LogP) is 1.87. The normalized spacial score (nSPS) is 11.7. The van der Waals surface area contributed by atoms with Crippen LogP contribution in [0.1, 0.15) is 27.2 Å². The third-order valence-corrected chi connectivity index (χ3v) is 1.60. The van der Waals surface area contributed by atoms with Crippen molar-refractivity contribution in [2.75, 3.05) is 19.7 Å². The van der Waals surface area contributed by atoms with Gasteiger partial charge in [0, 0.05) is 13.2 Å². The molecule has 0 aromatic carbocycles. The van der Waals surface area contributed by atoms with Crippen molar-refractivity contribution in [1.82, 2.24) is 4.90 Å². The number of hydrogen-bond acceptors (Lipinski definition) is 3. The van der Waals surface area contributed by atoms with Crippen molar-refractivity contribution in [3.05, 3.63) is 0 Å². The lowest BCUT2D eigenvalue weighted by Gasteiger charge is -2.27. The highest BCUT2D eigenvalue weighted by Gasteiger charge is 2.23. The van der Waals surface area contributed by atoms with Gasteiger partial charge in [-0.2, -0.15) is 0 Å². The molecule has 4 nitrogen and oxygen atoms in total. The average Bonchev–Trinajstić information content (AvgIpc) is 2.08. The second-order valence-corrected chi connectivity index (χ2v) is 4.39. The molecule has 96 valence electrons. The first-order valence-corrected chi connectivity index (χ1v) is 5.13. The molecule has 0 aromatic heterocycles. The van der Waals surface area contributed by atoms with E-state index in [1.54, 1.807) is 20.8 Å². The molecule has 0 atom stereocenters. The zero-order chi connectivity index (χ0) is 12.8. The van der Waals surface area contributed by atoms with Gasteiger partial charge in [-0.05, 0) is 27.2 Å². The van der Waals surface area contributed by atoms with Crippen LogP contribution in [0, 0.1) is 0 Å². The third kappa shape index (κ3) is 7.39. The number of alkyl halides is 2. The van der Waals surface area contributed by atoms with Gasteiger partial charge >= 0.3 is 6.09 Å². The highest BCUT2D eigenvalue weighted by atomic mass is 19.3. The first-order valence-electron chi connectivity index (χ1n) is 5.13. The SMILES string of the molecule is CC(C)(C)OC(=O)N(CCCO)CC(F)F. The van der Waals surface area contributed by atoms with E-state index in [9.17, 15) is 13.6 Å². The molecule has 0 aliphatic heterocycles. The van der Waals surface area contributed by atoms with Gasteiger partial charge in [-0.25, -0.2) is 13.6 Å². The highest BCUT2D eigenvalue weighted by Crippen LogP contribution is 2.11. The minimum Gasteiger partial charge on any atom is -0.444 e. The van der Waals surface area contributed by atoms with Crippen molar-refractivity contribution in [3.8, 4) is 0 Å². The second-order valence-electron chi connectivity index (χ2n) is 4.39. The largest absolute Gasteiger partial charge is 0.444 e. The zero-order valence-corrected chi connectivity index (χ0v) is 9.87. The zero-order valence-electron chi connectivity index (χ0n) is 9.87. The van der Waals surface area contributed by atoms with Crippen molar-refractivity contribution >= 4 is 6.09 Å². The van der Waals surface area contributed by atoms with E-state index in [-0.39, 0.29) is 19.6 Å². The Morgan fingerprint density at radius 2 is 2.00 bits per heavy atom. The number of aliphatic hydroxyl groups excluding tert-OH is 1. The summed E-state index contributed by atoms with van der Waals surface area (Å²) >= 11 is 0. The maximum atomic E-state index is 12.2. The van der Waals surface area contributed by atoms with Crippen LogP contribution in [-0.4, -0.2) is 47.8 Å². The smallest absolute Gasteiger partial charge is 0.410 e. The lowest BCUT2D eigenvalue weighted by atomic mass is 10.2. The van der Waals surface area contributed by atoms with Gasteiger partial charge in [0.15, 0.2) is 0 Å². The van der Waals surface area contributed by atoms with Crippen LogP contribution < -0.4 is 0 Å². The molecule has 0 radical (unpaired) electrons. The minimum absolute atomic E-state index is 0.0652. The van der Waals surface area contributed by atoms with Gasteiger partial charge in [0.1, 0.15) is 5.60 Å². The number of aliphatic hydroxyl groups is 1. The fourth-order valence-electron chi connectivity index (χ4n) is 1.01. The lowest BCUT2D eigenvalue weighted by molar-refractivity contribution is 0.00916. The number of hydrogen-bond donors (Lipinski definition) is 1. The number of carbonyl (C=O) groups excluding carboxylic acids is 1. The fraction of sp³-hybridized carbons (Fsp3) is 0.900. The highest BCUT2D eigenvalue weighted by molar-refractivity contribution is 5.68. The fourth-order valence-corrected chi connectivity index (χ4v) is 1.01. The van der Waals surface area contributed by atoms with Crippen LogP contribution in [0.2, 0.25) is 0 Å². The lowest BCUT2D eigenvalue weighted by Crippen LogP contribution is -2.40. The van der Waals surface area contributed by atoms with E-state index < -0.39 is 24.7 Å². The molecule has 6 heteroatoms. The Morgan fingerprint density at radius 1 is 1.44 bits per heavy atom. The molecule has 0 bridgehead atoms. The van der Waals surface area contributed by atoms with E-state index in [0.29, 0.717) is 0 Å². The Morgan fingerprint density at radius 3 is 2.38 bits per heavy atom. The number of amides is 1. The van der Waals surface area contributed by atoms with Crippen molar-refractivity contribution < 1.29 is 23.4 Å². The quantitative estimate of drug-likeness (QED) is 0.796. The molecule has 16 heavy (non-hydrogen) atoms. The van der Waals surface area contributed by atoms with Crippen molar-refractivity contribution in [3.63, 3.8) is 0 Å². The minimum atomic E-state index is -2.61. The molecular formula is C10H19F2NO3. The summed E-state index contributed by atoms with van der Waals surface area (Å²) in [6.45, 7) is 4.24. The summed E-state index contributed by atoms with van der Waals surface area (Å²) in [7, 11) is 0. The van der Waals surface area contributed by atoms with Gasteiger partial charge in [0.05, 0.1) is 6.54 Å². The van der Waals surface area contributed by atoms with Crippen molar-refractivity contribution in [1.29, 1.82) is 0 Å². The van der Waals surface area contributed by atoms with Crippen molar-refractivity contribution in [2.24, 2.45) is 0 Å². The van der Waals surface area contributed by atoms with Gasteiger partial charge < -0.3 is 14.7 Å². The van der Waals surface area contributed by atoms with Crippen molar-refractivity contribution in [2.45, 2.75) is 39.2 Å². The molecule has 0 saturated carbocycles. The Balaban J connectivity index is 4.31. The van der Waals surface area contributed by atoms with Crippen LogP contribution >= 0.6 is 0 Å². The Labute approximate surface area is 94.2 Å². The van der Waals surface area contributed by atoms with Crippen LogP contribution in [0.15, 0.2) is 0 Å². The van der Waals surface area contributed by atoms with Crippen LogP contribution in [-0.2, 0) is 4.74 Å². The molecule has 1 amide bonds. The Hall–Kier alpha value is -0.910. The monoisotopic (exact) mass is 239 g/mol. The molecule has 0 fully saturated rings. The number of halogens is 2. The maximum Gasteiger partial charge on any atom is 0.410 e. The molecule has 0 rings (SSSR count). The molecule has 0 unspecified atom stereocenters. The van der Waals surface area contributed by atoms with E-state index in [1.165, 1.54) is 0 Å². The molecule has 0 spiro atoms. The van der Waals surface area contributed by atoms with Gasteiger partial charge in [-0.1, -0.05) is 0 Å². The number of nitrogens with zero attached hydrogens (tertiary/aromatic N) is 1. The average molecular weight is 239 g/mol. The molecule has 0 aliphatic rings. The first-order chi connectivity index (χ1) is 7.26. The summed E-state index contributed by atoms with van der Waals surface area (Å²) in [5.41, 5.74) is -0.712. The molecule has 0 aliphatic carbocycles. The van der Waals surface area contributed by atoms with Crippen LogP contribution in [0.25, 0.3) is 0 Å². The molecule has 1 N–H and O–H groups in total. The summed E-state index contributed by atoms with van der Waals surface area (Å²) < 4.78 is 29.4. The van der Waals surface area contributed by atoms with E-state index in [1.807, 2.05) is 0 Å². The van der Waals surface area contributed by atoms with E-state index in [4.69, 9.17) is 9.84 Å². The van der Waals surface area contributed by atoms with Crippen LogP contribution in [0.5, 0.6) is 0 Å². The number of rotatable bonds is 5. The Kier molecular flexibility index (Phi) is 6.25. The maximum absolute atomic E-state index is 12.2. The number of carbonyl (C=O) groups is 1. The first kappa shape index (κ1) is 15.1. The number of ether oxygens (including phenoxy) is 1. The standard InChI is InChI=1S/C10H19F2NO3/c1-10(2,3)16-9(15)13(5-4-6-14)7-8(11)12/h8,14H,4-7H2,1-3H3. The summed E-state index contributed by atoms with van der Waals surface area (Å²) in [6.07, 6.45) is -3.13. The third-order valence-electron chi connectivity index (χ3n) is 1.60. The van der Waals surface area contributed by atoms with E-state index in [0.717, 1.165) is 4.90 Å². The Bertz CT molecular complexity index is 217. The van der Waals surface area contributed by atoms with Gasteiger partial charge in [-0.15, -0.1) is 0 Å².